The molecule has 1 saturated carbocycles. The SMILES string of the molecule is NCC1CCC(C(=O)N[C@@H](CCCNC(N)=O)C(=O)NCCCC[C@H](NC(=O)N[C@@H](CCC(=O)O)C(=O)O)C(=O)O)CC1. The van der Waals surface area contributed by atoms with Crippen LogP contribution in [0, 0.1) is 11.8 Å². The number of urea groups is 2. The number of carboxylic acids is 3. The van der Waals surface area contributed by atoms with Crippen LogP contribution < -0.4 is 38.1 Å². The minimum Gasteiger partial charge on any atom is -0.481 e. The van der Waals surface area contributed by atoms with E-state index in [-0.39, 0.29) is 50.6 Å². The van der Waals surface area contributed by atoms with Gasteiger partial charge < -0.3 is 53.4 Å². The summed E-state index contributed by atoms with van der Waals surface area (Å²) in [5.41, 5.74) is 10.8. The molecule has 1 fully saturated rings. The third kappa shape index (κ3) is 15.6. The first-order valence-corrected chi connectivity index (χ1v) is 14.4. The lowest BCUT2D eigenvalue weighted by atomic mass is 9.81. The summed E-state index contributed by atoms with van der Waals surface area (Å²) < 4.78 is 0. The summed E-state index contributed by atoms with van der Waals surface area (Å²) in [6, 6.07) is -5.49. The second kappa shape index (κ2) is 19.9. The topological polar surface area (TPSA) is 292 Å². The molecule has 0 heterocycles. The predicted octanol–water partition coefficient (Wildman–Crippen LogP) is -0.958. The van der Waals surface area contributed by atoms with Crippen molar-refractivity contribution in [3.8, 4) is 0 Å². The first kappa shape index (κ1) is 36.9. The molecular weight excluding hydrogens is 570 g/mol. The molecule has 0 saturated heterocycles. The van der Waals surface area contributed by atoms with Gasteiger partial charge in [0.2, 0.25) is 11.8 Å². The summed E-state index contributed by atoms with van der Waals surface area (Å²) in [5.74, 6) is -4.55. The summed E-state index contributed by atoms with van der Waals surface area (Å²) in [6.07, 6.45) is 3.36. The van der Waals surface area contributed by atoms with Crippen LogP contribution in [0.3, 0.4) is 0 Å². The molecule has 0 unspecified atom stereocenters. The first-order valence-electron chi connectivity index (χ1n) is 14.4. The zero-order valence-electron chi connectivity index (χ0n) is 24.1. The molecule has 0 aromatic carbocycles. The normalized spacial score (nSPS) is 18.3. The molecule has 3 atom stereocenters. The van der Waals surface area contributed by atoms with Gasteiger partial charge in [-0.2, -0.15) is 0 Å². The maximum Gasteiger partial charge on any atom is 0.326 e. The molecule has 1 rings (SSSR count). The molecule has 17 nitrogen and oxygen atoms in total. The maximum atomic E-state index is 12.9. The largest absolute Gasteiger partial charge is 0.481 e. The number of carbonyl (C=O) groups excluding carboxylic acids is 4. The predicted molar refractivity (Wildman–Crippen MR) is 151 cm³/mol. The van der Waals surface area contributed by atoms with Crippen molar-refractivity contribution in [2.45, 2.75) is 88.8 Å². The highest BCUT2D eigenvalue weighted by molar-refractivity contribution is 5.88. The van der Waals surface area contributed by atoms with E-state index in [0.717, 1.165) is 12.8 Å². The lowest BCUT2D eigenvalue weighted by Gasteiger charge is -2.28. The Hall–Kier alpha value is -4.15. The van der Waals surface area contributed by atoms with Gasteiger partial charge in [0.05, 0.1) is 0 Å². The van der Waals surface area contributed by atoms with E-state index in [9.17, 15) is 38.7 Å². The van der Waals surface area contributed by atoms with Crippen LogP contribution in [-0.4, -0.2) is 94.9 Å². The minimum absolute atomic E-state index is 0.0318. The van der Waals surface area contributed by atoms with Gasteiger partial charge in [-0.1, -0.05) is 0 Å². The van der Waals surface area contributed by atoms with E-state index >= 15 is 0 Å². The van der Waals surface area contributed by atoms with Gasteiger partial charge in [0, 0.05) is 25.4 Å². The molecule has 0 aromatic heterocycles. The number of nitrogens with one attached hydrogen (secondary N) is 5. The average Bonchev–Trinajstić information content (AvgIpc) is 2.95. The van der Waals surface area contributed by atoms with Crippen molar-refractivity contribution >= 4 is 41.8 Å². The molecule has 6 amide bonds. The summed E-state index contributed by atoms with van der Waals surface area (Å²) in [7, 11) is 0. The summed E-state index contributed by atoms with van der Waals surface area (Å²) in [6.45, 7) is 0.949. The number of carbonyl (C=O) groups is 7. The molecule has 0 aliphatic heterocycles. The van der Waals surface area contributed by atoms with E-state index in [0.29, 0.717) is 38.1 Å². The zero-order chi connectivity index (χ0) is 32.4. The van der Waals surface area contributed by atoms with E-state index < -0.39 is 60.4 Å². The van der Waals surface area contributed by atoms with Gasteiger partial charge in [0.15, 0.2) is 0 Å². The van der Waals surface area contributed by atoms with Gasteiger partial charge in [-0.05, 0) is 76.7 Å². The number of hydrogen-bond donors (Lipinski definition) is 10. The van der Waals surface area contributed by atoms with Crippen molar-refractivity contribution in [2.24, 2.45) is 23.3 Å². The number of nitrogens with two attached hydrogens (primary N) is 2. The van der Waals surface area contributed by atoms with Crippen molar-refractivity contribution in [3.63, 3.8) is 0 Å². The van der Waals surface area contributed by atoms with Crippen molar-refractivity contribution in [3.05, 3.63) is 0 Å². The third-order valence-corrected chi connectivity index (χ3v) is 7.23. The number of carboxylic acid groups (broad SMARTS) is 3. The number of aliphatic carboxylic acids is 3. The Labute approximate surface area is 249 Å². The minimum atomic E-state index is -1.51. The van der Waals surface area contributed by atoms with Gasteiger partial charge >= 0.3 is 30.0 Å². The van der Waals surface area contributed by atoms with E-state index in [1.54, 1.807) is 0 Å². The fourth-order valence-corrected chi connectivity index (χ4v) is 4.69. The van der Waals surface area contributed by atoms with Crippen molar-refractivity contribution in [1.82, 2.24) is 26.6 Å². The Bertz CT molecular complexity index is 972. The molecule has 17 heteroatoms. The molecule has 0 aromatic rings. The van der Waals surface area contributed by atoms with E-state index in [2.05, 4.69) is 26.6 Å². The molecular formula is C26H45N7O10. The highest BCUT2D eigenvalue weighted by Gasteiger charge is 2.29. The number of amides is 6. The number of primary amides is 1. The Morgan fingerprint density at radius 1 is 0.698 bits per heavy atom. The van der Waals surface area contributed by atoms with Crippen molar-refractivity contribution in [2.75, 3.05) is 19.6 Å². The smallest absolute Gasteiger partial charge is 0.326 e. The molecule has 0 bridgehead atoms. The fraction of sp³-hybridized carbons (Fsp3) is 0.731. The standard InChI is InChI=1S/C26H45N7O10/c27-14-15-6-8-16(9-7-15)21(36)31-17(5-3-13-30-25(28)42)22(37)29-12-2-1-4-18(23(38)39)32-26(43)33-19(24(40)41)10-11-20(34)35/h15-19H,1-14,27H2,(H,29,37)(H,31,36)(H,34,35)(H,38,39)(H,40,41)(H3,28,30,42)(H2,32,33,43)/t15?,16?,17-,18-,19-/m0/s1. The fourth-order valence-electron chi connectivity index (χ4n) is 4.69. The third-order valence-electron chi connectivity index (χ3n) is 7.23. The molecule has 1 aliphatic rings. The molecule has 0 radical (unpaired) electrons. The quantitative estimate of drug-likeness (QED) is 0.0744. The van der Waals surface area contributed by atoms with Crippen LogP contribution in [0.2, 0.25) is 0 Å². The van der Waals surface area contributed by atoms with Gasteiger partial charge in [-0.3, -0.25) is 14.4 Å². The number of hydrogen-bond acceptors (Lipinski definition) is 8. The number of unbranched alkanes of at least 4 members (excludes halogenated alkanes) is 1. The lowest BCUT2D eigenvalue weighted by Crippen LogP contribution is -2.51. The second-order valence-corrected chi connectivity index (χ2v) is 10.6. The monoisotopic (exact) mass is 615 g/mol. The Morgan fingerprint density at radius 3 is 1.79 bits per heavy atom. The highest BCUT2D eigenvalue weighted by atomic mass is 16.4. The zero-order valence-corrected chi connectivity index (χ0v) is 24.1. The summed E-state index contributed by atoms with van der Waals surface area (Å²) >= 11 is 0. The lowest BCUT2D eigenvalue weighted by molar-refractivity contribution is -0.141. The Balaban J connectivity index is 2.57. The van der Waals surface area contributed by atoms with Crippen LogP contribution in [0.25, 0.3) is 0 Å². The number of rotatable bonds is 20. The second-order valence-electron chi connectivity index (χ2n) is 10.6. The molecule has 43 heavy (non-hydrogen) atoms. The van der Waals surface area contributed by atoms with Gasteiger partial charge in [0.25, 0.3) is 0 Å². The maximum absolute atomic E-state index is 12.9. The van der Waals surface area contributed by atoms with Crippen LogP contribution in [0.5, 0.6) is 0 Å². The van der Waals surface area contributed by atoms with Crippen LogP contribution in [0.1, 0.15) is 70.6 Å². The van der Waals surface area contributed by atoms with Gasteiger partial charge in [0.1, 0.15) is 18.1 Å². The van der Waals surface area contributed by atoms with E-state index in [4.69, 9.17) is 21.7 Å². The van der Waals surface area contributed by atoms with E-state index in [1.165, 1.54) is 0 Å². The van der Waals surface area contributed by atoms with Crippen molar-refractivity contribution in [1.29, 1.82) is 0 Å². The average molecular weight is 616 g/mol. The molecule has 244 valence electrons. The molecule has 0 spiro atoms. The van der Waals surface area contributed by atoms with Crippen LogP contribution in [0.4, 0.5) is 9.59 Å². The highest BCUT2D eigenvalue weighted by Crippen LogP contribution is 2.28. The van der Waals surface area contributed by atoms with Crippen molar-refractivity contribution < 1.29 is 48.9 Å². The van der Waals surface area contributed by atoms with Gasteiger partial charge in [-0.25, -0.2) is 19.2 Å². The van der Waals surface area contributed by atoms with Gasteiger partial charge in [-0.15, -0.1) is 0 Å². The van der Waals surface area contributed by atoms with Crippen LogP contribution in [0.15, 0.2) is 0 Å². The summed E-state index contributed by atoms with van der Waals surface area (Å²) in [5, 5.41) is 39.5. The van der Waals surface area contributed by atoms with Crippen LogP contribution >= 0.6 is 0 Å². The molecule has 12 N–H and O–H groups in total. The first-order chi connectivity index (χ1) is 20.3. The Kier molecular flexibility index (Phi) is 17.0. The van der Waals surface area contributed by atoms with Crippen LogP contribution in [-0.2, 0) is 24.0 Å². The summed E-state index contributed by atoms with van der Waals surface area (Å²) in [4.78, 5) is 82.3. The Morgan fingerprint density at radius 2 is 1.26 bits per heavy atom. The molecule has 1 aliphatic carbocycles. The van der Waals surface area contributed by atoms with E-state index in [1.807, 2.05) is 0 Å².